The minimum absolute atomic E-state index is 0.0689. The first kappa shape index (κ1) is 20.2. The number of hydrogen-bond acceptors (Lipinski definition) is 4. The smallest absolute Gasteiger partial charge is 0.262 e. The van der Waals surface area contributed by atoms with Crippen LogP contribution in [0.25, 0.3) is 10.9 Å². The number of carbonyl (C=O) groups is 1. The molecule has 0 aliphatic carbocycles. The molecule has 1 amide bonds. The largest absolute Gasteiger partial charge is 0.342 e. The summed E-state index contributed by atoms with van der Waals surface area (Å²) in [6.07, 6.45) is 3.01. The van der Waals surface area contributed by atoms with Gasteiger partial charge in [0.05, 0.1) is 16.2 Å². The average Bonchev–Trinajstić information content (AvgIpc) is 3.14. The standard InChI is InChI=1S/C20H26ClN3O2S/c1-13(2)8-11-24-19(26)16-7-6-15(21)12-17(16)22-20(24)27-14(3)18(25)23-9-4-5-10-23/h6-7,12-14H,4-5,8-11H2,1-3H3/t14-/m1/s1. The van der Waals surface area contributed by atoms with Crippen molar-refractivity contribution >= 4 is 40.2 Å². The van der Waals surface area contributed by atoms with E-state index in [-0.39, 0.29) is 16.7 Å². The number of hydrogen-bond donors (Lipinski definition) is 0. The normalized spacial score (nSPS) is 15.7. The van der Waals surface area contributed by atoms with E-state index in [1.807, 2.05) is 11.8 Å². The molecule has 0 bridgehead atoms. The highest BCUT2D eigenvalue weighted by Gasteiger charge is 2.25. The Balaban J connectivity index is 1.96. The van der Waals surface area contributed by atoms with Crippen LogP contribution in [-0.2, 0) is 11.3 Å². The van der Waals surface area contributed by atoms with Gasteiger partial charge in [-0.1, -0.05) is 37.2 Å². The van der Waals surface area contributed by atoms with Crippen molar-refractivity contribution < 1.29 is 4.79 Å². The Morgan fingerprint density at radius 2 is 1.96 bits per heavy atom. The zero-order valence-electron chi connectivity index (χ0n) is 16.1. The first-order chi connectivity index (χ1) is 12.9. The van der Waals surface area contributed by atoms with Gasteiger partial charge >= 0.3 is 0 Å². The molecule has 0 radical (unpaired) electrons. The van der Waals surface area contributed by atoms with Crippen molar-refractivity contribution in [3.05, 3.63) is 33.6 Å². The minimum atomic E-state index is -0.281. The number of rotatable bonds is 6. The molecule has 3 rings (SSSR count). The number of likely N-dealkylation sites (tertiary alicyclic amines) is 1. The molecule has 1 aliphatic rings. The highest BCUT2D eigenvalue weighted by molar-refractivity contribution is 8.00. The third-order valence-corrected chi connectivity index (χ3v) is 6.17. The molecule has 27 heavy (non-hydrogen) atoms. The van der Waals surface area contributed by atoms with Crippen LogP contribution in [0.3, 0.4) is 0 Å². The van der Waals surface area contributed by atoms with Crippen LogP contribution in [0.1, 0.15) is 40.0 Å². The van der Waals surface area contributed by atoms with Crippen molar-refractivity contribution in [3.63, 3.8) is 0 Å². The number of nitrogens with zero attached hydrogens (tertiary/aromatic N) is 3. The van der Waals surface area contributed by atoms with Gasteiger partial charge in [0.15, 0.2) is 5.16 Å². The molecular formula is C20H26ClN3O2S. The Hall–Kier alpha value is -1.53. The van der Waals surface area contributed by atoms with Gasteiger partial charge in [-0.05, 0) is 50.3 Å². The van der Waals surface area contributed by atoms with Crippen LogP contribution in [0, 0.1) is 5.92 Å². The molecule has 1 aromatic heterocycles. The van der Waals surface area contributed by atoms with Crippen LogP contribution < -0.4 is 5.56 Å². The Labute approximate surface area is 169 Å². The van der Waals surface area contributed by atoms with Crippen molar-refractivity contribution in [2.24, 2.45) is 5.92 Å². The molecule has 0 unspecified atom stereocenters. The fraction of sp³-hybridized carbons (Fsp3) is 0.550. The molecule has 5 nitrogen and oxygen atoms in total. The highest BCUT2D eigenvalue weighted by Crippen LogP contribution is 2.26. The lowest BCUT2D eigenvalue weighted by molar-refractivity contribution is -0.129. The molecule has 1 fully saturated rings. The summed E-state index contributed by atoms with van der Waals surface area (Å²) >= 11 is 7.46. The van der Waals surface area contributed by atoms with Gasteiger partial charge in [-0.25, -0.2) is 4.98 Å². The van der Waals surface area contributed by atoms with E-state index in [0.717, 1.165) is 32.4 Å². The summed E-state index contributed by atoms with van der Waals surface area (Å²) in [5.74, 6) is 0.590. The second-order valence-electron chi connectivity index (χ2n) is 7.49. The second kappa shape index (κ2) is 8.65. The second-order valence-corrected chi connectivity index (χ2v) is 9.23. The van der Waals surface area contributed by atoms with Gasteiger partial charge in [-0.15, -0.1) is 0 Å². The zero-order chi connectivity index (χ0) is 19.6. The summed E-state index contributed by atoms with van der Waals surface area (Å²) in [7, 11) is 0. The van der Waals surface area contributed by atoms with Crippen LogP contribution in [0.15, 0.2) is 28.2 Å². The zero-order valence-corrected chi connectivity index (χ0v) is 17.6. The topological polar surface area (TPSA) is 55.2 Å². The monoisotopic (exact) mass is 407 g/mol. The summed E-state index contributed by atoms with van der Waals surface area (Å²) in [5, 5.41) is 1.42. The number of benzene rings is 1. The predicted molar refractivity (Wildman–Crippen MR) is 112 cm³/mol. The molecular weight excluding hydrogens is 382 g/mol. The van der Waals surface area contributed by atoms with Crippen molar-refractivity contribution in [2.75, 3.05) is 13.1 Å². The molecule has 2 heterocycles. The maximum absolute atomic E-state index is 13.1. The molecule has 2 aromatic rings. The maximum Gasteiger partial charge on any atom is 0.262 e. The van der Waals surface area contributed by atoms with Gasteiger partial charge in [-0.3, -0.25) is 14.2 Å². The predicted octanol–water partition coefficient (Wildman–Crippen LogP) is 4.20. The molecule has 1 aromatic carbocycles. The number of amides is 1. The fourth-order valence-corrected chi connectivity index (χ4v) is 4.44. The Morgan fingerprint density at radius 3 is 2.63 bits per heavy atom. The van der Waals surface area contributed by atoms with E-state index in [2.05, 4.69) is 13.8 Å². The fourth-order valence-electron chi connectivity index (χ4n) is 3.25. The van der Waals surface area contributed by atoms with Crippen molar-refractivity contribution in [2.45, 2.75) is 57.0 Å². The maximum atomic E-state index is 13.1. The lowest BCUT2D eigenvalue weighted by Gasteiger charge is -2.21. The van der Waals surface area contributed by atoms with Gasteiger partial charge < -0.3 is 4.90 Å². The Kier molecular flexibility index (Phi) is 6.48. The molecule has 1 aliphatic heterocycles. The van der Waals surface area contributed by atoms with Crippen molar-refractivity contribution in [1.82, 2.24) is 14.5 Å². The number of halogens is 1. The van der Waals surface area contributed by atoms with Crippen molar-refractivity contribution in [1.29, 1.82) is 0 Å². The first-order valence-electron chi connectivity index (χ1n) is 9.52. The molecule has 0 N–H and O–H groups in total. The van der Waals surface area contributed by atoms with Crippen LogP contribution in [0.5, 0.6) is 0 Å². The first-order valence-corrected chi connectivity index (χ1v) is 10.8. The van der Waals surface area contributed by atoms with Gasteiger partial charge in [0.25, 0.3) is 5.56 Å². The molecule has 7 heteroatoms. The van der Waals surface area contributed by atoms with Crippen LogP contribution in [0.2, 0.25) is 5.02 Å². The minimum Gasteiger partial charge on any atom is -0.342 e. The van der Waals surface area contributed by atoms with E-state index in [4.69, 9.17) is 16.6 Å². The van der Waals surface area contributed by atoms with E-state index >= 15 is 0 Å². The third kappa shape index (κ3) is 4.66. The van der Waals surface area contributed by atoms with E-state index in [1.165, 1.54) is 11.8 Å². The van der Waals surface area contributed by atoms with Crippen molar-refractivity contribution in [3.8, 4) is 0 Å². The van der Waals surface area contributed by atoms with E-state index in [0.29, 0.717) is 33.5 Å². The summed E-state index contributed by atoms with van der Waals surface area (Å²) in [6, 6.07) is 5.15. The molecule has 0 spiro atoms. The quantitative estimate of drug-likeness (QED) is 0.532. The van der Waals surface area contributed by atoms with Gasteiger partial charge in [0.2, 0.25) is 5.91 Å². The van der Waals surface area contributed by atoms with Gasteiger partial charge in [0.1, 0.15) is 0 Å². The van der Waals surface area contributed by atoms with E-state index < -0.39 is 0 Å². The summed E-state index contributed by atoms with van der Waals surface area (Å²) in [4.78, 5) is 32.4. The highest BCUT2D eigenvalue weighted by atomic mass is 35.5. The van der Waals surface area contributed by atoms with Gasteiger partial charge in [0, 0.05) is 24.7 Å². The lowest BCUT2D eigenvalue weighted by Crippen LogP contribution is -2.34. The van der Waals surface area contributed by atoms with E-state index in [1.54, 1.807) is 22.8 Å². The lowest BCUT2D eigenvalue weighted by atomic mass is 10.1. The SMILES string of the molecule is CC(C)CCn1c(S[C@H](C)C(=O)N2CCCC2)nc2cc(Cl)ccc2c1=O. The Morgan fingerprint density at radius 1 is 1.26 bits per heavy atom. The number of aromatic nitrogens is 2. The van der Waals surface area contributed by atoms with Crippen LogP contribution in [0.4, 0.5) is 0 Å². The molecule has 0 saturated carbocycles. The number of fused-ring (bicyclic) bond motifs is 1. The summed E-state index contributed by atoms with van der Waals surface area (Å²) in [5.41, 5.74) is 0.511. The summed E-state index contributed by atoms with van der Waals surface area (Å²) in [6.45, 7) is 8.40. The van der Waals surface area contributed by atoms with Gasteiger partial charge in [-0.2, -0.15) is 0 Å². The third-order valence-electron chi connectivity index (χ3n) is 4.86. The molecule has 1 saturated heterocycles. The van der Waals surface area contributed by atoms with E-state index in [9.17, 15) is 9.59 Å². The molecule has 146 valence electrons. The average molecular weight is 408 g/mol. The van der Waals surface area contributed by atoms with Crippen LogP contribution in [-0.4, -0.2) is 38.7 Å². The van der Waals surface area contributed by atoms with Crippen LogP contribution >= 0.6 is 23.4 Å². The Bertz CT molecular complexity index is 891. The summed E-state index contributed by atoms with van der Waals surface area (Å²) < 4.78 is 1.72. The molecule has 1 atom stereocenters. The number of thioether (sulfide) groups is 1. The number of carbonyl (C=O) groups excluding carboxylic acids is 1.